The van der Waals surface area contributed by atoms with Crippen LogP contribution in [0.4, 0.5) is 0 Å². The number of pyridine rings is 1. The molecule has 7 heteroatoms. The van der Waals surface area contributed by atoms with E-state index in [1.165, 1.54) is 25.4 Å². The van der Waals surface area contributed by atoms with Crippen molar-refractivity contribution in [3.8, 4) is 0 Å². The third kappa shape index (κ3) is 2.93. The van der Waals surface area contributed by atoms with Crippen molar-refractivity contribution in [2.45, 2.75) is 5.03 Å². The van der Waals surface area contributed by atoms with Gasteiger partial charge in [-0.05, 0) is 12.1 Å². The summed E-state index contributed by atoms with van der Waals surface area (Å²) in [6.07, 6.45) is 1.24. The fourth-order valence-electron chi connectivity index (χ4n) is 1.03. The number of methoxy groups -OCH3 is 1. The van der Waals surface area contributed by atoms with Crippen molar-refractivity contribution >= 4 is 27.4 Å². The van der Waals surface area contributed by atoms with E-state index in [2.05, 4.69) is 9.72 Å². The number of halogens is 1. The Morgan fingerprint density at radius 2 is 2.25 bits per heavy atom. The minimum absolute atomic E-state index is 0.0214. The molecule has 5 nitrogen and oxygen atoms in total. The summed E-state index contributed by atoms with van der Waals surface area (Å²) in [5, 5.41) is -0.170. The quantitative estimate of drug-likeness (QED) is 0.596. The van der Waals surface area contributed by atoms with Gasteiger partial charge in [0.25, 0.3) is 0 Å². The highest BCUT2D eigenvalue weighted by Crippen LogP contribution is 2.11. The topological polar surface area (TPSA) is 73.3 Å². The van der Waals surface area contributed by atoms with Gasteiger partial charge in [-0.25, -0.2) is 18.2 Å². The molecule has 16 heavy (non-hydrogen) atoms. The molecule has 0 aliphatic heterocycles. The van der Waals surface area contributed by atoms with E-state index in [-0.39, 0.29) is 22.2 Å². The zero-order chi connectivity index (χ0) is 12.2. The second kappa shape index (κ2) is 5.27. The largest absolute Gasteiger partial charge is 0.465 e. The molecule has 1 aromatic heterocycles. The first-order valence-electron chi connectivity index (χ1n) is 4.34. The molecule has 0 aromatic carbocycles. The molecule has 0 unspecified atom stereocenters. The molecule has 0 radical (unpaired) electrons. The van der Waals surface area contributed by atoms with Gasteiger partial charge >= 0.3 is 5.97 Å². The Morgan fingerprint density at radius 1 is 1.56 bits per heavy atom. The van der Waals surface area contributed by atoms with E-state index in [9.17, 15) is 13.2 Å². The average Bonchev–Trinajstić information content (AvgIpc) is 2.28. The Balaban J connectivity index is 3.13. The number of hydrogen-bond donors (Lipinski definition) is 0. The molecule has 1 heterocycles. The number of carbonyl (C=O) groups is 1. The molecule has 0 fully saturated rings. The second-order valence-corrected chi connectivity index (χ2v) is 5.32. The summed E-state index contributed by atoms with van der Waals surface area (Å²) >= 11 is 5.37. The Bertz CT molecular complexity index is 486. The predicted molar refractivity (Wildman–Crippen MR) is 58.3 cm³/mol. The van der Waals surface area contributed by atoms with Gasteiger partial charge in [-0.15, -0.1) is 11.6 Å². The van der Waals surface area contributed by atoms with Gasteiger partial charge in [-0.3, -0.25) is 0 Å². The maximum absolute atomic E-state index is 11.6. The number of hydrogen-bond acceptors (Lipinski definition) is 5. The fourth-order valence-corrected chi connectivity index (χ4v) is 2.58. The number of ether oxygens (including phenoxy) is 1. The van der Waals surface area contributed by atoms with Crippen LogP contribution in [-0.4, -0.2) is 38.1 Å². The Labute approximate surface area is 98.3 Å². The van der Waals surface area contributed by atoms with Crippen LogP contribution in [0.2, 0.25) is 0 Å². The minimum Gasteiger partial charge on any atom is -0.465 e. The monoisotopic (exact) mass is 263 g/mol. The van der Waals surface area contributed by atoms with Crippen molar-refractivity contribution in [2.75, 3.05) is 18.7 Å². The van der Waals surface area contributed by atoms with Crippen LogP contribution in [0.1, 0.15) is 10.4 Å². The smallest absolute Gasteiger partial charge is 0.338 e. The summed E-state index contributed by atoms with van der Waals surface area (Å²) in [5.74, 6) is -0.844. The van der Waals surface area contributed by atoms with Crippen LogP contribution in [0, 0.1) is 0 Å². The molecular weight excluding hydrogens is 254 g/mol. The summed E-state index contributed by atoms with van der Waals surface area (Å²) in [5.41, 5.74) is 0.144. The number of rotatable bonds is 4. The number of sulfone groups is 1. The number of aromatic nitrogens is 1. The van der Waals surface area contributed by atoms with Crippen molar-refractivity contribution in [2.24, 2.45) is 0 Å². The summed E-state index contributed by atoms with van der Waals surface area (Å²) in [7, 11) is -2.31. The van der Waals surface area contributed by atoms with Crippen molar-refractivity contribution in [1.29, 1.82) is 0 Å². The zero-order valence-electron chi connectivity index (χ0n) is 8.51. The van der Waals surface area contributed by atoms with Crippen LogP contribution in [0.3, 0.4) is 0 Å². The number of alkyl halides is 1. The standard InChI is InChI=1S/C9H10ClNO4S/c1-15-9(12)7-2-4-11-8(6-7)16(13,14)5-3-10/h2,4,6H,3,5H2,1H3. The van der Waals surface area contributed by atoms with Crippen LogP contribution >= 0.6 is 11.6 Å². The van der Waals surface area contributed by atoms with Gasteiger partial charge in [0.05, 0.1) is 18.4 Å². The maximum atomic E-state index is 11.6. The first-order chi connectivity index (χ1) is 7.51. The normalized spacial score (nSPS) is 11.1. The summed E-state index contributed by atoms with van der Waals surface area (Å²) in [6, 6.07) is 2.55. The summed E-state index contributed by atoms with van der Waals surface area (Å²) < 4.78 is 27.7. The molecule has 0 N–H and O–H groups in total. The molecule has 0 atom stereocenters. The van der Waals surface area contributed by atoms with Gasteiger partial charge < -0.3 is 4.74 Å². The number of nitrogens with zero attached hydrogens (tertiary/aromatic N) is 1. The van der Waals surface area contributed by atoms with Crippen LogP contribution in [0.25, 0.3) is 0 Å². The van der Waals surface area contributed by atoms with Crippen molar-refractivity contribution < 1.29 is 17.9 Å². The van der Waals surface area contributed by atoms with Crippen LogP contribution in [0.5, 0.6) is 0 Å². The second-order valence-electron chi connectivity index (χ2n) is 2.88. The van der Waals surface area contributed by atoms with E-state index in [1.54, 1.807) is 0 Å². The first kappa shape index (κ1) is 12.9. The van der Waals surface area contributed by atoms with E-state index < -0.39 is 15.8 Å². The lowest BCUT2D eigenvalue weighted by molar-refractivity contribution is 0.0600. The predicted octanol–water partition coefficient (Wildman–Crippen LogP) is 0.881. The molecule has 0 bridgehead atoms. The first-order valence-corrected chi connectivity index (χ1v) is 6.53. The van der Waals surface area contributed by atoms with Crippen LogP contribution < -0.4 is 0 Å². The Morgan fingerprint density at radius 3 is 2.81 bits per heavy atom. The molecule has 0 amide bonds. The lowest BCUT2D eigenvalue weighted by Gasteiger charge is -2.03. The van der Waals surface area contributed by atoms with Crippen molar-refractivity contribution in [3.63, 3.8) is 0 Å². The molecule has 88 valence electrons. The van der Waals surface area contributed by atoms with E-state index in [0.29, 0.717) is 0 Å². The van der Waals surface area contributed by atoms with Gasteiger partial charge in [0, 0.05) is 12.1 Å². The van der Waals surface area contributed by atoms with Crippen LogP contribution in [-0.2, 0) is 14.6 Å². The number of esters is 1. The summed E-state index contributed by atoms with van der Waals surface area (Å²) in [4.78, 5) is 14.9. The van der Waals surface area contributed by atoms with E-state index >= 15 is 0 Å². The molecule has 1 aromatic rings. The highest BCUT2D eigenvalue weighted by atomic mass is 35.5. The molecule has 0 aliphatic carbocycles. The average molecular weight is 264 g/mol. The Kier molecular flexibility index (Phi) is 4.26. The zero-order valence-corrected chi connectivity index (χ0v) is 10.1. The summed E-state index contributed by atoms with van der Waals surface area (Å²) in [6.45, 7) is 0. The molecule has 0 spiro atoms. The van der Waals surface area contributed by atoms with Gasteiger partial charge in [-0.1, -0.05) is 0 Å². The van der Waals surface area contributed by atoms with Gasteiger partial charge in [0.15, 0.2) is 14.9 Å². The molecule has 0 saturated heterocycles. The number of carbonyl (C=O) groups excluding carboxylic acids is 1. The van der Waals surface area contributed by atoms with Gasteiger partial charge in [0.2, 0.25) is 0 Å². The lowest BCUT2D eigenvalue weighted by Crippen LogP contribution is -2.11. The van der Waals surface area contributed by atoms with E-state index in [4.69, 9.17) is 11.6 Å². The SMILES string of the molecule is COC(=O)c1ccnc(S(=O)(=O)CCCl)c1. The van der Waals surface area contributed by atoms with Gasteiger partial charge in [-0.2, -0.15) is 0 Å². The maximum Gasteiger partial charge on any atom is 0.338 e. The third-order valence-electron chi connectivity index (χ3n) is 1.82. The van der Waals surface area contributed by atoms with Gasteiger partial charge in [0.1, 0.15) is 0 Å². The molecular formula is C9H10ClNO4S. The van der Waals surface area contributed by atoms with E-state index in [1.807, 2.05) is 0 Å². The van der Waals surface area contributed by atoms with E-state index in [0.717, 1.165) is 0 Å². The fraction of sp³-hybridized carbons (Fsp3) is 0.333. The highest BCUT2D eigenvalue weighted by Gasteiger charge is 2.17. The molecule has 0 aliphatic rings. The highest BCUT2D eigenvalue weighted by molar-refractivity contribution is 7.91. The third-order valence-corrected chi connectivity index (χ3v) is 3.84. The Hall–Kier alpha value is -1.14. The van der Waals surface area contributed by atoms with Crippen LogP contribution in [0.15, 0.2) is 23.4 Å². The molecule has 0 saturated carbocycles. The van der Waals surface area contributed by atoms with Crippen molar-refractivity contribution in [1.82, 2.24) is 4.98 Å². The molecule has 1 rings (SSSR count). The lowest BCUT2D eigenvalue weighted by atomic mass is 10.3. The minimum atomic E-state index is -3.53. The van der Waals surface area contributed by atoms with Crippen molar-refractivity contribution in [3.05, 3.63) is 23.9 Å².